The van der Waals surface area contributed by atoms with E-state index in [-0.39, 0.29) is 36.7 Å². The van der Waals surface area contributed by atoms with Gasteiger partial charge >= 0.3 is 29.6 Å². The Labute approximate surface area is 230 Å². The maximum Gasteiger partial charge on any atom is 1.00 e. The molecule has 0 saturated carbocycles. The molecule has 1 fully saturated rings. The molecule has 0 atom stereocenters. The summed E-state index contributed by atoms with van der Waals surface area (Å²) in [6.07, 6.45) is 8.66. The Morgan fingerprint density at radius 1 is 0.706 bits per heavy atom. The van der Waals surface area contributed by atoms with Crippen LogP contribution in [0.3, 0.4) is 0 Å². The molecule has 0 spiro atoms. The molecule has 1 aliphatic rings. The number of nitrogens with zero attached hydrogens (tertiary/aromatic N) is 2. The summed E-state index contributed by atoms with van der Waals surface area (Å²) in [5.74, 6) is -0.0995. The molecule has 34 heavy (non-hydrogen) atoms. The molecule has 1 N–H and O–H groups in total. The van der Waals surface area contributed by atoms with Crippen molar-refractivity contribution in [2.24, 2.45) is 0 Å². The monoisotopic (exact) mass is 496 g/mol. The predicted octanol–water partition coefficient (Wildman–Crippen LogP) is 2.52. The van der Waals surface area contributed by atoms with Crippen LogP contribution in [0.25, 0.3) is 0 Å². The number of piperazine rings is 1. The van der Waals surface area contributed by atoms with Crippen molar-refractivity contribution in [2.45, 2.75) is 57.4 Å². The number of hydrogen-bond donors (Lipinski definition) is 1. The zero-order valence-corrected chi connectivity index (χ0v) is 23.6. The van der Waals surface area contributed by atoms with Gasteiger partial charge in [0, 0.05) is 26.2 Å². The third-order valence-corrected chi connectivity index (χ3v) is 7.43. The summed E-state index contributed by atoms with van der Waals surface area (Å²) in [7, 11) is -3.78. The summed E-state index contributed by atoms with van der Waals surface area (Å²) in [5, 5.41) is 0. The normalized spacial score (nSPS) is 15.4. The minimum atomic E-state index is -3.78. The van der Waals surface area contributed by atoms with Crippen LogP contribution in [-0.4, -0.2) is 61.2 Å². The average molecular weight is 497 g/mol. The second-order valence-electron chi connectivity index (χ2n) is 9.22. The first-order valence-electron chi connectivity index (χ1n) is 12.5. The van der Waals surface area contributed by atoms with Crippen molar-refractivity contribution < 1.29 is 44.0 Å². The molecule has 1 saturated heterocycles. The molecule has 7 heteroatoms. The molecule has 3 rings (SSSR count). The summed E-state index contributed by atoms with van der Waals surface area (Å²) in [4.78, 5) is 5.24. The molecule has 184 valence electrons. The van der Waals surface area contributed by atoms with Gasteiger partial charge < -0.3 is 6.33 Å². The summed E-state index contributed by atoms with van der Waals surface area (Å²) >= 11 is 0. The fraction of sp³-hybridized carbons (Fsp3) is 0.556. The molecule has 0 radical (unpaired) electrons. The molecule has 0 unspecified atom stereocenters. The number of hydrogen-bond acceptors (Lipinski definition) is 4. The standard InChI is InChI=1S/C27H40N2O3S.Na.H/c30-33(31,32)24-14-6-4-2-1-3-5-13-19-28-20-22-29(23-21-28)27(25-15-9-7-10-16-25)26-17-11-8-12-18-26;;/h7-12,15-18,27H,1-6,13-14,19-24H2,(H,30,31,32);;/q;+1;-1. The molecule has 0 bridgehead atoms. The summed E-state index contributed by atoms with van der Waals surface area (Å²) < 4.78 is 30.1. The van der Waals surface area contributed by atoms with Gasteiger partial charge in [-0.25, -0.2) is 0 Å². The van der Waals surface area contributed by atoms with Crippen LogP contribution in [0.2, 0.25) is 0 Å². The molecule has 0 aromatic heterocycles. The number of unbranched alkanes of at least 4 members (excludes halogenated alkanes) is 7. The van der Waals surface area contributed by atoms with E-state index >= 15 is 0 Å². The van der Waals surface area contributed by atoms with Crippen molar-refractivity contribution >= 4 is 10.1 Å². The molecule has 2 aromatic carbocycles. The van der Waals surface area contributed by atoms with E-state index in [1.165, 1.54) is 43.4 Å². The maximum atomic E-state index is 10.7. The van der Waals surface area contributed by atoms with E-state index in [2.05, 4.69) is 70.5 Å². The molecule has 5 nitrogen and oxygen atoms in total. The largest absolute Gasteiger partial charge is 1.00 e. The first-order valence-corrected chi connectivity index (χ1v) is 14.2. The van der Waals surface area contributed by atoms with Crippen LogP contribution >= 0.6 is 0 Å². The van der Waals surface area contributed by atoms with E-state index in [4.69, 9.17) is 4.55 Å². The van der Waals surface area contributed by atoms with Gasteiger partial charge in [0.25, 0.3) is 10.1 Å². The summed E-state index contributed by atoms with van der Waals surface area (Å²) in [6, 6.07) is 22.1. The van der Waals surface area contributed by atoms with E-state index < -0.39 is 10.1 Å². The third kappa shape index (κ3) is 10.9. The van der Waals surface area contributed by atoms with E-state index in [1.54, 1.807) is 0 Å². The topological polar surface area (TPSA) is 60.9 Å². The molecule has 0 amide bonds. The van der Waals surface area contributed by atoms with Crippen molar-refractivity contribution in [3.63, 3.8) is 0 Å². The van der Waals surface area contributed by atoms with Crippen molar-refractivity contribution in [1.82, 2.24) is 9.80 Å². The first kappa shape index (κ1) is 29.5. The average Bonchev–Trinajstić information content (AvgIpc) is 2.82. The van der Waals surface area contributed by atoms with Gasteiger partial charge in [-0.3, -0.25) is 9.45 Å². The Kier molecular flexibility index (Phi) is 14.0. The summed E-state index contributed by atoms with van der Waals surface area (Å²) in [5.41, 5.74) is 2.74. The van der Waals surface area contributed by atoms with Gasteiger partial charge in [-0.05, 0) is 30.5 Å². The zero-order chi connectivity index (χ0) is 23.4. The molecule has 1 heterocycles. The second kappa shape index (κ2) is 16.1. The molecular formula is C27H41N2NaO3S. The van der Waals surface area contributed by atoms with Gasteiger partial charge in [0.15, 0.2) is 0 Å². The Morgan fingerprint density at radius 2 is 1.15 bits per heavy atom. The Hall–Kier alpha value is -0.730. The Balaban J connectivity index is 0.00000306. The van der Waals surface area contributed by atoms with Gasteiger partial charge in [0.1, 0.15) is 0 Å². The Morgan fingerprint density at radius 3 is 1.62 bits per heavy atom. The molecule has 1 aliphatic heterocycles. The van der Waals surface area contributed by atoms with Crippen molar-refractivity contribution in [3.8, 4) is 0 Å². The van der Waals surface area contributed by atoms with Crippen LogP contribution in [0.1, 0.15) is 70.0 Å². The first-order chi connectivity index (χ1) is 16.0. The van der Waals surface area contributed by atoms with Crippen molar-refractivity contribution in [1.29, 1.82) is 0 Å². The fourth-order valence-corrected chi connectivity index (χ4v) is 5.38. The van der Waals surface area contributed by atoms with E-state index in [0.717, 1.165) is 45.4 Å². The minimum absolute atomic E-state index is 0. The molecule has 0 aliphatic carbocycles. The zero-order valence-electron chi connectivity index (χ0n) is 21.8. The van der Waals surface area contributed by atoms with Gasteiger partial charge in [-0.1, -0.05) is 99.2 Å². The second-order valence-corrected chi connectivity index (χ2v) is 10.8. The quantitative estimate of drug-likeness (QED) is 0.247. The number of benzene rings is 2. The Bertz CT molecular complexity index is 856. The van der Waals surface area contributed by atoms with E-state index in [9.17, 15) is 8.42 Å². The third-order valence-electron chi connectivity index (χ3n) is 6.63. The van der Waals surface area contributed by atoms with Crippen LogP contribution in [0.4, 0.5) is 0 Å². The van der Waals surface area contributed by atoms with Crippen LogP contribution in [0.15, 0.2) is 60.7 Å². The SMILES string of the molecule is O=S(=O)(O)CCCCCCCCCCN1CCN(C(c2ccccc2)c2ccccc2)CC1.[H-].[Na+]. The van der Waals surface area contributed by atoms with Crippen molar-refractivity contribution in [3.05, 3.63) is 71.8 Å². The predicted molar refractivity (Wildman–Crippen MR) is 137 cm³/mol. The summed E-state index contributed by atoms with van der Waals surface area (Å²) in [6.45, 7) is 5.63. The minimum Gasteiger partial charge on any atom is -1.00 e. The van der Waals surface area contributed by atoms with Gasteiger partial charge in [-0.2, -0.15) is 8.42 Å². The van der Waals surface area contributed by atoms with E-state index in [1.807, 2.05) is 0 Å². The number of rotatable bonds is 14. The van der Waals surface area contributed by atoms with Crippen LogP contribution < -0.4 is 29.6 Å². The maximum absolute atomic E-state index is 10.7. The molecule has 2 aromatic rings. The smallest absolute Gasteiger partial charge is 1.00 e. The van der Waals surface area contributed by atoms with Crippen LogP contribution in [-0.2, 0) is 10.1 Å². The van der Waals surface area contributed by atoms with Crippen LogP contribution in [0.5, 0.6) is 0 Å². The van der Waals surface area contributed by atoms with Gasteiger partial charge in [0.05, 0.1) is 11.8 Å². The van der Waals surface area contributed by atoms with Crippen molar-refractivity contribution in [2.75, 3.05) is 38.5 Å². The molecular weight excluding hydrogens is 455 g/mol. The van der Waals surface area contributed by atoms with Gasteiger partial charge in [-0.15, -0.1) is 0 Å². The van der Waals surface area contributed by atoms with Crippen LogP contribution in [0, 0.1) is 0 Å². The van der Waals surface area contributed by atoms with E-state index in [0.29, 0.717) is 12.5 Å². The van der Waals surface area contributed by atoms with Gasteiger partial charge in [0.2, 0.25) is 0 Å². The fourth-order valence-electron chi connectivity index (χ4n) is 4.81.